The van der Waals surface area contributed by atoms with Crippen molar-refractivity contribution in [2.75, 3.05) is 7.05 Å². The first-order valence-electron chi connectivity index (χ1n) is 6.53. The van der Waals surface area contributed by atoms with Gasteiger partial charge in [0, 0.05) is 31.9 Å². The molecule has 108 valence electrons. The molecule has 0 unspecified atom stereocenters. The van der Waals surface area contributed by atoms with Crippen LogP contribution in [0, 0.1) is 0 Å². The Labute approximate surface area is 120 Å². The van der Waals surface area contributed by atoms with Crippen molar-refractivity contribution in [2.45, 2.75) is 18.5 Å². The van der Waals surface area contributed by atoms with Crippen LogP contribution in [0.3, 0.4) is 0 Å². The molecule has 2 atom stereocenters. The Morgan fingerprint density at radius 2 is 2.33 bits per heavy atom. The smallest absolute Gasteiger partial charge is 0.273 e. The van der Waals surface area contributed by atoms with E-state index in [0.29, 0.717) is 0 Å². The largest absolute Gasteiger partial charge is 0.364 e. The highest BCUT2D eigenvalue weighted by Crippen LogP contribution is 2.31. The first kappa shape index (κ1) is 13.3. The lowest BCUT2D eigenvalue weighted by atomic mass is 10.0. The van der Waals surface area contributed by atoms with Gasteiger partial charge in [0.15, 0.2) is 5.69 Å². The van der Waals surface area contributed by atoms with E-state index < -0.39 is 0 Å². The normalized spacial score (nSPS) is 21.6. The number of likely N-dealkylation sites (N-methyl/N-ethyl adjacent to an activating group) is 1. The maximum absolute atomic E-state index is 12.1. The van der Waals surface area contributed by atoms with Crippen molar-refractivity contribution < 1.29 is 14.1 Å². The summed E-state index contributed by atoms with van der Waals surface area (Å²) < 4.78 is 4.66. The van der Waals surface area contributed by atoms with Crippen molar-refractivity contribution in [3.8, 4) is 0 Å². The third-order valence-corrected chi connectivity index (χ3v) is 3.60. The summed E-state index contributed by atoms with van der Waals surface area (Å²) in [5, 5.41) is 6.44. The zero-order chi connectivity index (χ0) is 14.8. The summed E-state index contributed by atoms with van der Waals surface area (Å²) in [7, 11) is 1.72. The molecule has 1 aliphatic heterocycles. The van der Waals surface area contributed by atoms with Crippen LogP contribution in [-0.2, 0) is 4.79 Å². The Bertz CT molecular complexity index is 642. The third kappa shape index (κ3) is 2.49. The summed E-state index contributed by atoms with van der Waals surface area (Å²) in [4.78, 5) is 29.7. The summed E-state index contributed by atoms with van der Waals surface area (Å²) in [6.07, 6.45) is 4.96. The highest BCUT2D eigenvalue weighted by molar-refractivity contribution is 5.93. The molecule has 0 spiro atoms. The molecule has 0 aliphatic carbocycles. The standard InChI is InChI=1S/C14H14N4O3/c1-18-12(19)7-11(13(18)9-3-2-5-15-8-9)16-14(20)10-4-6-21-17-10/h2-6,8,11,13H,7H2,1H3,(H,16,20)/t11-,13+/m1/s1. The summed E-state index contributed by atoms with van der Waals surface area (Å²) in [6.45, 7) is 0. The van der Waals surface area contributed by atoms with Gasteiger partial charge < -0.3 is 14.7 Å². The fourth-order valence-corrected chi connectivity index (χ4v) is 2.58. The molecule has 1 N–H and O–H groups in total. The van der Waals surface area contributed by atoms with Crippen LogP contribution in [-0.4, -0.2) is 39.9 Å². The van der Waals surface area contributed by atoms with Gasteiger partial charge in [0.25, 0.3) is 5.91 Å². The van der Waals surface area contributed by atoms with Crippen molar-refractivity contribution in [1.29, 1.82) is 0 Å². The minimum atomic E-state index is -0.356. The Morgan fingerprint density at radius 3 is 3.00 bits per heavy atom. The zero-order valence-corrected chi connectivity index (χ0v) is 11.4. The van der Waals surface area contributed by atoms with E-state index in [1.807, 2.05) is 12.1 Å². The average molecular weight is 286 g/mol. The van der Waals surface area contributed by atoms with Gasteiger partial charge in [-0.15, -0.1) is 0 Å². The fraction of sp³-hybridized carbons (Fsp3) is 0.286. The van der Waals surface area contributed by atoms with E-state index in [4.69, 9.17) is 0 Å². The Balaban J connectivity index is 1.83. The lowest BCUT2D eigenvalue weighted by Crippen LogP contribution is -2.39. The number of rotatable bonds is 3. The van der Waals surface area contributed by atoms with E-state index in [0.717, 1.165) is 5.56 Å². The number of carbonyl (C=O) groups excluding carboxylic acids is 2. The number of pyridine rings is 1. The highest BCUT2D eigenvalue weighted by Gasteiger charge is 2.39. The van der Waals surface area contributed by atoms with Crippen LogP contribution in [0.1, 0.15) is 28.5 Å². The summed E-state index contributed by atoms with van der Waals surface area (Å²) >= 11 is 0. The lowest BCUT2D eigenvalue weighted by molar-refractivity contribution is -0.127. The molecule has 0 saturated carbocycles. The molecule has 1 saturated heterocycles. The average Bonchev–Trinajstić information content (AvgIpc) is 3.10. The van der Waals surface area contributed by atoms with Crippen LogP contribution in [0.4, 0.5) is 0 Å². The summed E-state index contributed by atoms with van der Waals surface area (Å²) in [5.74, 6) is -0.375. The van der Waals surface area contributed by atoms with E-state index in [9.17, 15) is 9.59 Å². The molecule has 7 nitrogen and oxygen atoms in total. The van der Waals surface area contributed by atoms with Gasteiger partial charge in [0.1, 0.15) is 6.26 Å². The van der Waals surface area contributed by atoms with Gasteiger partial charge in [-0.3, -0.25) is 14.6 Å². The van der Waals surface area contributed by atoms with Crippen LogP contribution in [0.2, 0.25) is 0 Å². The molecule has 21 heavy (non-hydrogen) atoms. The SMILES string of the molecule is CN1C(=O)C[C@@H](NC(=O)c2ccon2)[C@@H]1c1cccnc1. The van der Waals surface area contributed by atoms with Gasteiger partial charge in [0.2, 0.25) is 5.91 Å². The Hall–Kier alpha value is -2.70. The number of hydrogen-bond donors (Lipinski definition) is 1. The first-order valence-corrected chi connectivity index (χ1v) is 6.53. The number of amides is 2. The van der Waals surface area contributed by atoms with E-state index in [1.165, 1.54) is 12.3 Å². The predicted molar refractivity (Wildman–Crippen MR) is 72.1 cm³/mol. The number of aromatic nitrogens is 2. The number of nitrogens with zero attached hydrogens (tertiary/aromatic N) is 3. The van der Waals surface area contributed by atoms with E-state index >= 15 is 0 Å². The number of nitrogens with one attached hydrogen (secondary N) is 1. The molecular formula is C14H14N4O3. The Morgan fingerprint density at radius 1 is 1.48 bits per heavy atom. The second-order valence-electron chi connectivity index (χ2n) is 4.90. The van der Waals surface area contributed by atoms with Gasteiger partial charge in [-0.25, -0.2) is 0 Å². The first-order chi connectivity index (χ1) is 10.2. The molecule has 0 aromatic carbocycles. The predicted octanol–water partition coefficient (Wildman–Crippen LogP) is 0.771. The van der Waals surface area contributed by atoms with Crippen molar-refractivity contribution >= 4 is 11.8 Å². The molecule has 1 fully saturated rings. The minimum absolute atomic E-state index is 0.0192. The van der Waals surface area contributed by atoms with Gasteiger partial charge >= 0.3 is 0 Å². The molecular weight excluding hydrogens is 272 g/mol. The van der Waals surface area contributed by atoms with Gasteiger partial charge in [0.05, 0.1) is 12.1 Å². The maximum Gasteiger partial charge on any atom is 0.273 e. The topological polar surface area (TPSA) is 88.3 Å². The Kier molecular flexibility index (Phi) is 3.39. The van der Waals surface area contributed by atoms with Crippen molar-refractivity contribution in [2.24, 2.45) is 0 Å². The molecule has 3 heterocycles. The highest BCUT2D eigenvalue weighted by atomic mass is 16.5. The molecule has 2 aromatic heterocycles. The van der Waals surface area contributed by atoms with Gasteiger partial charge in [-0.2, -0.15) is 0 Å². The van der Waals surface area contributed by atoms with Crippen molar-refractivity contribution in [3.63, 3.8) is 0 Å². The molecule has 7 heteroatoms. The van der Waals surface area contributed by atoms with Gasteiger partial charge in [-0.1, -0.05) is 11.2 Å². The summed E-state index contributed by atoms with van der Waals surface area (Å²) in [6, 6.07) is 4.62. The lowest BCUT2D eigenvalue weighted by Gasteiger charge is -2.25. The molecule has 0 bridgehead atoms. The number of hydrogen-bond acceptors (Lipinski definition) is 5. The number of carbonyl (C=O) groups is 2. The molecule has 2 aromatic rings. The van der Waals surface area contributed by atoms with E-state index in [-0.39, 0.29) is 36.0 Å². The second kappa shape index (κ2) is 5.35. The molecule has 1 aliphatic rings. The fourth-order valence-electron chi connectivity index (χ4n) is 2.58. The second-order valence-corrected chi connectivity index (χ2v) is 4.90. The monoisotopic (exact) mass is 286 g/mol. The van der Waals surface area contributed by atoms with Crippen LogP contribution < -0.4 is 5.32 Å². The van der Waals surface area contributed by atoms with Gasteiger partial charge in [-0.05, 0) is 11.6 Å². The zero-order valence-electron chi connectivity index (χ0n) is 11.4. The van der Waals surface area contributed by atoms with Crippen molar-refractivity contribution in [1.82, 2.24) is 20.4 Å². The van der Waals surface area contributed by atoms with Crippen molar-refractivity contribution in [3.05, 3.63) is 48.1 Å². The molecule has 0 radical (unpaired) electrons. The van der Waals surface area contributed by atoms with E-state index in [1.54, 1.807) is 24.3 Å². The van der Waals surface area contributed by atoms with Crippen LogP contribution in [0.25, 0.3) is 0 Å². The van der Waals surface area contributed by atoms with Crippen LogP contribution in [0.15, 0.2) is 41.4 Å². The molecule has 3 rings (SSSR count). The summed E-state index contributed by atoms with van der Waals surface area (Å²) in [5.41, 5.74) is 1.08. The van der Waals surface area contributed by atoms with Crippen LogP contribution >= 0.6 is 0 Å². The van der Waals surface area contributed by atoms with E-state index in [2.05, 4.69) is 20.0 Å². The minimum Gasteiger partial charge on any atom is -0.364 e. The third-order valence-electron chi connectivity index (χ3n) is 3.60. The quantitative estimate of drug-likeness (QED) is 0.900. The number of likely N-dealkylation sites (tertiary alicyclic amines) is 1. The maximum atomic E-state index is 12.1. The van der Waals surface area contributed by atoms with Crippen LogP contribution in [0.5, 0.6) is 0 Å². The molecule has 2 amide bonds.